The fraction of sp³-hybridized carbons (Fsp3) is 0.0323. The van der Waals surface area contributed by atoms with Crippen LogP contribution in [0.25, 0.3) is 44.3 Å². The van der Waals surface area contributed by atoms with Crippen molar-refractivity contribution in [1.82, 2.24) is 9.97 Å². The first kappa shape index (κ1) is 19.0. The third-order valence-electron chi connectivity index (χ3n) is 6.62. The Morgan fingerprint density at radius 2 is 1.21 bits per heavy atom. The molecule has 1 aromatic heterocycles. The van der Waals surface area contributed by atoms with Gasteiger partial charge in [-0.25, -0.2) is 9.97 Å². The zero-order valence-corrected chi connectivity index (χ0v) is 18.7. The van der Waals surface area contributed by atoms with E-state index in [4.69, 9.17) is 9.97 Å². The van der Waals surface area contributed by atoms with Crippen LogP contribution in [0.5, 0.6) is 0 Å². The van der Waals surface area contributed by atoms with Gasteiger partial charge in [0.25, 0.3) is 0 Å². The monoisotopic (exact) mass is 435 g/mol. The Hall–Kier alpha value is -4.50. The van der Waals surface area contributed by atoms with Crippen LogP contribution in [0.2, 0.25) is 0 Å². The van der Waals surface area contributed by atoms with Gasteiger partial charge in [0.15, 0.2) is 0 Å². The predicted octanol–water partition coefficient (Wildman–Crippen LogP) is 8.21. The number of anilines is 3. The fourth-order valence-electron chi connectivity index (χ4n) is 5.10. The maximum atomic E-state index is 5.07. The van der Waals surface area contributed by atoms with Gasteiger partial charge >= 0.3 is 0 Å². The second kappa shape index (κ2) is 7.26. The Balaban J connectivity index is 1.51. The highest BCUT2D eigenvalue weighted by molar-refractivity contribution is 6.18. The van der Waals surface area contributed by atoms with Crippen LogP contribution in [0.15, 0.2) is 109 Å². The van der Waals surface area contributed by atoms with Crippen LogP contribution >= 0.6 is 0 Å². The van der Waals surface area contributed by atoms with E-state index in [0.29, 0.717) is 0 Å². The van der Waals surface area contributed by atoms with E-state index in [1.54, 1.807) is 0 Å². The van der Waals surface area contributed by atoms with E-state index in [1.807, 2.05) is 0 Å². The van der Waals surface area contributed by atoms with Crippen molar-refractivity contribution in [1.29, 1.82) is 0 Å². The van der Waals surface area contributed by atoms with Crippen molar-refractivity contribution in [2.45, 2.75) is 6.92 Å². The summed E-state index contributed by atoms with van der Waals surface area (Å²) in [7, 11) is 0. The summed E-state index contributed by atoms with van der Waals surface area (Å²) >= 11 is 0. The number of fused-ring (bicyclic) bond motifs is 4. The molecular weight excluding hydrogens is 414 g/mol. The van der Waals surface area contributed by atoms with Crippen LogP contribution in [0.1, 0.15) is 5.56 Å². The molecule has 0 amide bonds. The number of rotatable bonds is 3. The molecule has 1 aliphatic rings. The van der Waals surface area contributed by atoms with Crippen molar-refractivity contribution in [3.05, 3.63) is 115 Å². The summed E-state index contributed by atoms with van der Waals surface area (Å²) in [5, 5.41) is 2.42. The van der Waals surface area contributed by atoms with Gasteiger partial charge in [0.1, 0.15) is 0 Å². The van der Waals surface area contributed by atoms with Crippen LogP contribution in [0.4, 0.5) is 17.1 Å². The molecule has 0 fully saturated rings. The number of benzene rings is 5. The smallest absolute Gasteiger partial charge is 0.0979 e. The van der Waals surface area contributed by atoms with E-state index >= 15 is 0 Å². The Morgan fingerprint density at radius 1 is 0.559 bits per heavy atom. The molecular formula is C31H21N3. The SMILES string of the molecule is Cc1ccc2nc3c(nc2c1)-c1ccc(N(c2ccccc2)c2ccccc2)c2cccc-3c12. The topological polar surface area (TPSA) is 29.0 Å². The lowest BCUT2D eigenvalue weighted by molar-refractivity contribution is 1.29. The van der Waals surface area contributed by atoms with Gasteiger partial charge in [-0.05, 0) is 61.0 Å². The summed E-state index contributed by atoms with van der Waals surface area (Å²) in [5.41, 5.74) is 10.7. The highest BCUT2D eigenvalue weighted by Crippen LogP contribution is 2.50. The Morgan fingerprint density at radius 3 is 1.91 bits per heavy atom. The van der Waals surface area contributed by atoms with Crippen molar-refractivity contribution in [3.8, 4) is 22.5 Å². The first-order valence-electron chi connectivity index (χ1n) is 11.5. The summed E-state index contributed by atoms with van der Waals surface area (Å²) in [5.74, 6) is 0. The summed E-state index contributed by atoms with van der Waals surface area (Å²) in [6.07, 6.45) is 0. The summed E-state index contributed by atoms with van der Waals surface area (Å²) in [6.45, 7) is 2.10. The Labute approximate surface area is 198 Å². The average molecular weight is 436 g/mol. The van der Waals surface area contributed by atoms with Gasteiger partial charge in [-0.1, -0.05) is 60.7 Å². The van der Waals surface area contributed by atoms with Crippen LogP contribution in [0, 0.1) is 6.92 Å². The number of aryl methyl sites for hydroxylation is 1. The molecule has 0 saturated heterocycles. The predicted molar refractivity (Wildman–Crippen MR) is 141 cm³/mol. The summed E-state index contributed by atoms with van der Waals surface area (Å²) in [4.78, 5) is 12.4. The molecule has 3 heteroatoms. The molecule has 0 atom stereocenters. The number of aromatic nitrogens is 2. The van der Waals surface area contributed by atoms with Crippen LogP contribution < -0.4 is 4.90 Å². The fourth-order valence-corrected chi connectivity index (χ4v) is 5.10. The van der Waals surface area contributed by atoms with Gasteiger partial charge in [0, 0.05) is 33.3 Å². The lowest BCUT2D eigenvalue weighted by Crippen LogP contribution is -2.10. The molecule has 0 bridgehead atoms. The lowest BCUT2D eigenvalue weighted by atomic mass is 10.0. The molecule has 1 aliphatic carbocycles. The molecule has 0 spiro atoms. The van der Waals surface area contributed by atoms with Crippen molar-refractivity contribution >= 4 is 38.9 Å². The average Bonchev–Trinajstić information content (AvgIpc) is 3.19. The molecule has 7 rings (SSSR count). The third-order valence-corrected chi connectivity index (χ3v) is 6.62. The minimum atomic E-state index is 0.935. The van der Waals surface area contributed by atoms with E-state index in [9.17, 15) is 0 Å². The molecule has 0 aliphatic heterocycles. The molecule has 0 unspecified atom stereocenters. The van der Waals surface area contributed by atoms with E-state index in [1.165, 1.54) is 16.3 Å². The maximum absolute atomic E-state index is 5.07. The minimum absolute atomic E-state index is 0.935. The number of hydrogen-bond donors (Lipinski definition) is 0. The van der Waals surface area contributed by atoms with Crippen molar-refractivity contribution in [3.63, 3.8) is 0 Å². The standard InChI is InChI=1S/C31H21N3/c1-20-15-17-26-27(19-20)33-31-25-16-18-28(23-13-8-14-24(29(23)25)30(31)32-26)34(21-9-4-2-5-10-21)22-11-6-3-7-12-22/h2-19H,1H3. The van der Waals surface area contributed by atoms with Gasteiger partial charge in [0.05, 0.1) is 28.1 Å². The van der Waals surface area contributed by atoms with Gasteiger partial charge in [-0.2, -0.15) is 0 Å². The minimum Gasteiger partial charge on any atom is -0.310 e. The van der Waals surface area contributed by atoms with Crippen LogP contribution in [0.3, 0.4) is 0 Å². The van der Waals surface area contributed by atoms with Gasteiger partial charge in [-0.15, -0.1) is 0 Å². The van der Waals surface area contributed by atoms with Crippen LogP contribution in [-0.4, -0.2) is 9.97 Å². The van der Waals surface area contributed by atoms with Crippen molar-refractivity contribution < 1.29 is 0 Å². The highest BCUT2D eigenvalue weighted by atomic mass is 15.1. The molecule has 34 heavy (non-hydrogen) atoms. The second-order valence-electron chi connectivity index (χ2n) is 8.78. The van der Waals surface area contributed by atoms with E-state index < -0.39 is 0 Å². The molecule has 1 heterocycles. The lowest BCUT2D eigenvalue weighted by Gasteiger charge is -2.27. The molecule has 0 radical (unpaired) electrons. The van der Waals surface area contributed by atoms with Gasteiger partial charge in [-0.3, -0.25) is 0 Å². The summed E-state index contributed by atoms with van der Waals surface area (Å²) in [6, 6.07) is 38.3. The Kier molecular flexibility index (Phi) is 4.06. The van der Waals surface area contributed by atoms with Gasteiger partial charge < -0.3 is 4.90 Å². The normalized spacial score (nSPS) is 11.7. The number of para-hydroxylation sites is 2. The third kappa shape index (κ3) is 2.77. The van der Waals surface area contributed by atoms with Crippen LogP contribution in [-0.2, 0) is 0 Å². The van der Waals surface area contributed by atoms with E-state index in [2.05, 4.69) is 121 Å². The molecule has 5 aromatic carbocycles. The first-order chi connectivity index (χ1) is 16.8. The second-order valence-corrected chi connectivity index (χ2v) is 8.78. The van der Waals surface area contributed by atoms with Crippen molar-refractivity contribution in [2.24, 2.45) is 0 Å². The number of nitrogens with zero attached hydrogens (tertiary/aromatic N) is 3. The number of hydrogen-bond acceptors (Lipinski definition) is 3. The zero-order valence-electron chi connectivity index (χ0n) is 18.7. The van der Waals surface area contributed by atoms with E-state index in [0.717, 1.165) is 50.6 Å². The molecule has 160 valence electrons. The summed E-state index contributed by atoms with van der Waals surface area (Å²) < 4.78 is 0. The Bertz CT molecular complexity index is 1670. The van der Waals surface area contributed by atoms with Crippen molar-refractivity contribution in [2.75, 3.05) is 4.90 Å². The van der Waals surface area contributed by atoms with Gasteiger partial charge in [0.2, 0.25) is 0 Å². The zero-order chi connectivity index (χ0) is 22.6. The largest absolute Gasteiger partial charge is 0.310 e. The molecule has 6 aromatic rings. The molecule has 3 nitrogen and oxygen atoms in total. The quantitative estimate of drug-likeness (QED) is 0.280. The highest BCUT2D eigenvalue weighted by Gasteiger charge is 2.27. The molecule has 0 N–H and O–H groups in total. The maximum Gasteiger partial charge on any atom is 0.0979 e. The molecule has 0 saturated carbocycles. The van der Waals surface area contributed by atoms with E-state index in [-0.39, 0.29) is 0 Å². The first-order valence-corrected chi connectivity index (χ1v) is 11.5.